The molecule has 3 aromatic rings. The Hall–Kier alpha value is -4.13. The molecule has 0 saturated heterocycles. The minimum Gasteiger partial charge on any atom is -0.502 e. The van der Waals surface area contributed by atoms with Gasteiger partial charge in [0.1, 0.15) is 11.5 Å². The van der Waals surface area contributed by atoms with Gasteiger partial charge in [-0.15, -0.1) is 0 Å². The fourth-order valence-corrected chi connectivity index (χ4v) is 3.95. The van der Waals surface area contributed by atoms with Crippen molar-refractivity contribution in [2.45, 2.75) is 19.9 Å². The van der Waals surface area contributed by atoms with E-state index >= 15 is 0 Å². The van der Waals surface area contributed by atoms with Crippen LogP contribution in [0.2, 0.25) is 0 Å². The van der Waals surface area contributed by atoms with Crippen molar-refractivity contribution in [1.29, 1.82) is 0 Å². The molecule has 0 bridgehead atoms. The second-order valence-electron chi connectivity index (χ2n) is 7.69. The summed E-state index contributed by atoms with van der Waals surface area (Å²) in [5.41, 5.74) is 3.56. The largest absolute Gasteiger partial charge is 0.502 e. The van der Waals surface area contributed by atoms with E-state index in [9.17, 15) is 9.90 Å². The lowest BCUT2D eigenvalue weighted by Crippen LogP contribution is -2.18. The number of phenolic OH excluding ortho intramolecular Hbond substituents is 1. The maximum atomic E-state index is 12.7. The van der Waals surface area contributed by atoms with E-state index in [1.807, 2.05) is 55.5 Å². The minimum atomic E-state index is -0.499. The van der Waals surface area contributed by atoms with Crippen molar-refractivity contribution in [3.05, 3.63) is 77.5 Å². The van der Waals surface area contributed by atoms with Crippen molar-refractivity contribution >= 4 is 17.2 Å². The predicted octanol–water partition coefficient (Wildman–Crippen LogP) is 5.64. The average molecular weight is 447 g/mol. The summed E-state index contributed by atoms with van der Waals surface area (Å²) in [6.07, 6.45) is 0. The number of anilines is 2. The lowest BCUT2D eigenvalue weighted by Gasteiger charge is -2.23. The molecule has 0 fully saturated rings. The van der Waals surface area contributed by atoms with Gasteiger partial charge >= 0.3 is 0 Å². The molecule has 1 heterocycles. The van der Waals surface area contributed by atoms with Crippen molar-refractivity contribution in [1.82, 2.24) is 0 Å². The van der Waals surface area contributed by atoms with E-state index in [4.69, 9.17) is 14.2 Å². The first-order valence-corrected chi connectivity index (χ1v) is 10.5. The van der Waals surface area contributed by atoms with E-state index in [-0.39, 0.29) is 23.0 Å². The molecule has 33 heavy (non-hydrogen) atoms. The highest BCUT2D eigenvalue weighted by molar-refractivity contribution is 5.98. The molecular weight excluding hydrogens is 420 g/mol. The molecular formula is C26H26N2O5. The number of carbonyl (C=O) groups excluding carboxylic acids is 1. The SMILES string of the molecule is COc1cc(C2Nc3ccc(Oc4ccccc4)cc3NC(C)=C2C(C)=O)cc(OC)c1O. The minimum absolute atomic E-state index is 0.0860. The number of para-hydroxylation sites is 1. The van der Waals surface area contributed by atoms with Crippen LogP contribution < -0.4 is 24.8 Å². The molecule has 3 N–H and O–H groups in total. The molecule has 0 aliphatic carbocycles. The van der Waals surface area contributed by atoms with Crippen LogP contribution in [0.25, 0.3) is 0 Å². The summed E-state index contributed by atoms with van der Waals surface area (Å²) in [6.45, 7) is 3.39. The zero-order valence-electron chi connectivity index (χ0n) is 18.9. The second kappa shape index (κ2) is 9.16. The van der Waals surface area contributed by atoms with Gasteiger partial charge in [0.25, 0.3) is 0 Å². The summed E-state index contributed by atoms with van der Waals surface area (Å²) in [7, 11) is 2.94. The van der Waals surface area contributed by atoms with Crippen molar-refractivity contribution in [3.8, 4) is 28.7 Å². The quantitative estimate of drug-likeness (QED) is 0.451. The fraction of sp³-hybridized carbons (Fsp3) is 0.192. The number of hydrogen-bond acceptors (Lipinski definition) is 7. The van der Waals surface area contributed by atoms with Gasteiger partial charge in [0.15, 0.2) is 17.3 Å². The zero-order chi connectivity index (χ0) is 23.5. The van der Waals surface area contributed by atoms with E-state index in [2.05, 4.69) is 10.6 Å². The Balaban J connectivity index is 1.77. The highest BCUT2D eigenvalue weighted by Gasteiger charge is 2.29. The Morgan fingerprint density at radius 1 is 0.909 bits per heavy atom. The lowest BCUT2D eigenvalue weighted by molar-refractivity contribution is -0.113. The van der Waals surface area contributed by atoms with E-state index in [0.717, 1.165) is 17.1 Å². The number of ketones is 1. The van der Waals surface area contributed by atoms with Crippen molar-refractivity contribution in [2.75, 3.05) is 24.9 Å². The van der Waals surface area contributed by atoms with Gasteiger partial charge in [-0.05, 0) is 55.8 Å². The third-order valence-electron chi connectivity index (χ3n) is 5.50. The molecule has 0 amide bonds. The number of methoxy groups -OCH3 is 2. The summed E-state index contributed by atoms with van der Waals surface area (Å²) in [4.78, 5) is 12.7. The van der Waals surface area contributed by atoms with Crippen LogP contribution in [0.1, 0.15) is 25.5 Å². The van der Waals surface area contributed by atoms with Gasteiger partial charge in [-0.1, -0.05) is 18.2 Å². The van der Waals surface area contributed by atoms with Crippen LogP contribution in [0.3, 0.4) is 0 Å². The summed E-state index contributed by atoms with van der Waals surface area (Å²) in [5, 5.41) is 17.1. The summed E-state index contributed by atoms with van der Waals surface area (Å²) in [6, 6.07) is 18.1. The molecule has 0 aromatic heterocycles. The summed E-state index contributed by atoms with van der Waals surface area (Å²) < 4.78 is 16.6. The van der Waals surface area contributed by atoms with Crippen LogP contribution in [0, 0.1) is 0 Å². The predicted molar refractivity (Wildman–Crippen MR) is 128 cm³/mol. The molecule has 1 unspecified atom stereocenters. The molecule has 1 atom stereocenters. The highest BCUT2D eigenvalue weighted by Crippen LogP contribution is 2.44. The molecule has 3 aromatic carbocycles. The number of phenols is 1. The van der Waals surface area contributed by atoms with Gasteiger partial charge < -0.3 is 30.0 Å². The van der Waals surface area contributed by atoms with Gasteiger partial charge in [-0.2, -0.15) is 0 Å². The van der Waals surface area contributed by atoms with Crippen molar-refractivity contribution in [3.63, 3.8) is 0 Å². The molecule has 7 nitrogen and oxygen atoms in total. The average Bonchev–Trinajstić information content (AvgIpc) is 2.95. The van der Waals surface area contributed by atoms with Gasteiger partial charge in [-0.25, -0.2) is 0 Å². The number of aromatic hydroxyl groups is 1. The fourth-order valence-electron chi connectivity index (χ4n) is 3.95. The Morgan fingerprint density at radius 2 is 1.58 bits per heavy atom. The highest BCUT2D eigenvalue weighted by atomic mass is 16.5. The number of Topliss-reactive ketones (excluding diaryl/α,β-unsaturated/α-hetero) is 1. The standard InChI is InChI=1S/C26H26N2O5/c1-15-24(16(2)29)25(17-12-22(31-3)26(30)23(13-17)32-4)28-20-11-10-19(14-21(20)27-15)33-18-8-6-5-7-9-18/h5-14,25,27-28,30H,1-4H3. The van der Waals surface area contributed by atoms with Crippen LogP contribution in [-0.2, 0) is 4.79 Å². The Labute approximate surface area is 192 Å². The van der Waals surface area contributed by atoms with Gasteiger partial charge in [0.2, 0.25) is 5.75 Å². The number of fused-ring (bicyclic) bond motifs is 1. The molecule has 0 saturated carbocycles. The van der Waals surface area contributed by atoms with Crippen LogP contribution >= 0.6 is 0 Å². The van der Waals surface area contributed by atoms with Crippen LogP contribution in [0.5, 0.6) is 28.7 Å². The Morgan fingerprint density at radius 3 is 2.18 bits per heavy atom. The maximum absolute atomic E-state index is 12.7. The monoisotopic (exact) mass is 446 g/mol. The molecule has 7 heteroatoms. The summed E-state index contributed by atoms with van der Waals surface area (Å²) in [5.74, 6) is 1.74. The number of nitrogens with one attached hydrogen (secondary N) is 2. The number of allylic oxidation sites excluding steroid dienone is 1. The van der Waals surface area contributed by atoms with Gasteiger partial charge in [-0.3, -0.25) is 4.79 Å². The molecule has 170 valence electrons. The number of ether oxygens (including phenoxy) is 3. The molecule has 0 radical (unpaired) electrons. The maximum Gasteiger partial charge on any atom is 0.200 e. The number of benzene rings is 3. The Bertz CT molecular complexity index is 1200. The third-order valence-corrected chi connectivity index (χ3v) is 5.50. The number of rotatable bonds is 6. The normalized spacial score (nSPS) is 15.0. The zero-order valence-corrected chi connectivity index (χ0v) is 18.9. The molecule has 1 aliphatic heterocycles. The van der Waals surface area contributed by atoms with E-state index in [0.29, 0.717) is 22.6 Å². The number of carbonyl (C=O) groups is 1. The summed E-state index contributed by atoms with van der Waals surface area (Å²) >= 11 is 0. The first kappa shape index (κ1) is 22.1. The third kappa shape index (κ3) is 4.43. The number of hydrogen-bond donors (Lipinski definition) is 3. The topological polar surface area (TPSA) is 89.0 Å². The van der Waals surface area contributed by atoms with E-state index in [1.165, 1.54) is 21.1 Å². The van der Waals surface area contributed by atoms with Crippen LogP contribution in [-0.4, -0.2) is 25.1 Å². The van der Waals surface area contributed by atoms with Gasteiger partial charge in [0, 0.05) is 17.3 Å². The van der Waals surface area contributed by atoms with Crippen molar-refractivity contribution in [2.24, 2.45) is 0 Å². The van der Waals surface area contributed by atoms with Gasteiger partial charge in [0.05, 0.1) is 31.6 Å². The molecule has 1 aliphatic rings. The van der Waals surface area contributed by atoms with E-state index < -0.39 is 6.04 Å². The molecule has 0 spiro atoms. The molecule has 4 rings (SSSR count). The van der Waals surface area contributed by atoms with Crippen LogP contribution in [0.4, 0.5) is 11.4 Å². The van der Waals surface area contributed by atoms with E-state index in [1.54, 1.807) is 12.1 Å². The van der Waals surface area contributed by atoms with Crippen molar-refractivity contribution < 1.29 is 24.1 Å². The first-order chi connectivity index (χ1) is 15.9. The first-order valence-electron chi connectivity index (χ1n) is 10.5. The smallest absolute Gasteiger partial charge is 0.200 e. The Kier molecular flexibility index (Phi) is 6.13. The second-order valence-corrected chi connectivity index (χ2v) is 7.69. The lowest BCUT2D eigenvalue weighted by atomic mass is 9.94. The van der Waals surface area contributed by atoms with Crippen LogP contribution in [0.15, 0.2) is 71.9 Å².